The van der Waals surface area contributed by atoms with Crippen LogP contribution >= 0.6 is 0 Å². The number of nitrogens with zero attached hydrogens (tertiary/aromatic N) is 1. The first-order valence-electron chi connectivity index (χ1n) is 7.98. The Morgan fingerprint density at radius 3 is 2.76 bits per heavy atom. The number of aliphatic hydroxyl groups excluding tert-OH is 1. The number of rotatable bonds is 5. The fourth-order valence-electron chi connectivity index (χ4n) is 3.57. The molecule has 5 nitrogen and oxygen atoms in total. The Bertz CT molecular complexity index is 466. The lowest BCUT2D eigenvalue weighted by Gasteiger charge is -2.54. The van der Waals surface area contributed by atoms with Crippen molar-refractivity contribution >= 4 is 0 Å². The summed E-state index contributed by atoms with van der Waals surface area (Å²) in [7, 11) is 0. The van der Waals surface area contributed by atoms with Crippen LogP contribution in [0, 0.1) is 11.3 Å². The Morgan fingerprint density at radius 2 is 2.14 bits per heavy atom. The molecule has 2 atom stereocenters. The summed E-state index contributed by atoms with van der Waals surface area (Å²) in [4.78, 5) is 0. The molecule has 118 valence electrons. The van der Waals surface area contributed by atoms with Gasteiger partial charge in [0.1, 0.15) is 6.61 Å². The second kappa shape index (κ2) is 6.07. The van der Waals surface area contributed by atoms with Crippen molar-refractivity contribution in [2.45, 2.75) is 58.2 Å². The van der Waals surface area contributed by atoms with E-state index in [1.807, 2.05) is 6.07 Å². The van der Waals surface area contributed by atoms with Crippen LogP contribution in [0.15, 0.2) is 10.6 Å². The van der Waals surface area contributed by atoms with E-state index >= 15 is 0 Å². The molecule has 1 aliphatic heterocycles. The summed E-state index contributed by atoms with van der Waals surface area (Å²) in [6, 6.07) is 3.06. The Labute approximate surface area is 126 Å². The third-order valence-corrected chi connectivity index (χ3v) is 5.35. The molecule has 0 bridgehead atoms. The maximum atomic E-state index is 9.03. The average Bonchev–Trinajstić information content (AvgIpc) is 2.95. The number of aliphatic hydroxyl groups is 1. The second-order valence-electron chi connectivity index (χ2n) is 7.01. The zero-order chi connectivity index (χ0) is 14.9. The normalized spacial score (nSPS) is 29.3. The van der Waals surface area contributed by atoms with E-state index < -0.39 is 0 Å². The van der Waals surface area contributed by atoms with Crippen molar-refractivity contribution in [3.05, 3.63) is 17.5 Å². The molecule has 2 heterocycles. The summed E-state index contributed by atoms with van der Waals surface area (Å²) >= 11 is 0. The van der Waals surface area contributed by atoms with Gasteiger partial charge < -0.3 is 19.7 Å². The van der Waals surface area contributed by atoms with Crippen LogP contribution in [0.5, 0.6) is 0 Å². The summed E-state index contributed by atoms with van der Waals surface area (Å²) in [5.41, 5.74) is 1.23. The van der Waals surface area contributed by atoms with Crippen molar-refractivity contribution in [1.29, 1.82) is 0 Å². The predicted molar refractivity (Wildman–Crippen MR) is 78.8 cm³/mol. The second-order valence-corrected chi connectivity index (χ2v) is 7.01. The Morgan fingerprint density at radius 1 is 1.38 bits per heavy atom. The van der Waals surface area contributed by atoms with Crippen LogP contribution in [0.4, 0.5) is 0 Å². The monoisotopic (exact) mass is 294 g/mol. The Hall–Kier alpha value is -0.910. The van der Waals surface area contributed by atoms with Gasteiger partial charge in [-0.1, -0.05) is 19.0 Å². The van der Waals surface area contributed by atoms with E-state index in [-0.39, 0.29) is 12.0 Å². The fraction of sp³-hybridized carbons (Fsp3) is 0.812. The third-order valence-electron chi connectivity index (χ3n) is 5.35. The molecule has 5 heteroatoms. The minimum absolute atomic E-state index is 0.0744. The molecule has 1 saturated heterocycles. The molecule has 3 rings (SSSR count). The van der Waals surface area contributed by atoms with E-state index in [4.69, 9.17) is 14.4 Å². The predicted octanol–water partition coefficient (Wildman–Crippen LogP) is 1.89. The van der Waals surface area contributed by atoms with Gasteiger partial charge in [0.2, 0.25) is 0 Å². The fourth-order valence-corrected chi connectivity index (χ4v) is 3.57. The van der Waals surface area contributed by atoms with Gasteiger partial charge in [-0.05, 0) is 37.0 Å². The van der Waals surface area contributed by atoms with Gasteiger partial charge in [0.05, 0.1) is 5.69 Å². The highest BCUT2D eigenvalue weighted by atomic mass is 16.5. The molecule has 1 aromatic heterocycles. The first kappa shape index (κ1) is 15.0. The smallest absolute Gasteiger partial charge is 0.162 e. The molecule has 1 aromatic rings. The third kappa shape index (κ3) is 3.15. The first-order valence-corrected chi connectivity index (χ1v) is 7.98. The molecule has 21 heavy (non-hydrogen) atoms. The standard InChI is InChI=1S/C16H26N2O3/c1-16(2)11(7-13-9-14(10-19)21-18-13)8-15(16)17-12-3-5-20-6-4-12/h9,11-12,15,17,19H,3-8,10H2,1-2H3/t11-,15+/m1/s1. The number of nitrogens with one attached hydrogen (secondary N) is 1. The van der Waals surface area contributed by atoms with Crippen LogP contribution in [0.1, 0.15) is 44.6 Å². The lowest BCUT2D eigenvalue weighted by molar-refractivity contribution is -0.00757. The number of hydrogen-bond acceptors (Lipinski definition) is 5. The minimum Gasteiger partial charge on any atom is -0.388 e. The first-order chi connectivity index (χ1) is 10.1. The largest absolute Gasteiger partial charge is 0.388 e. The number of aromatic nitrogens is 1. The summed E-state index contributed by atoms with van der Waals surface area (Å²) in [5.74, 6) is 1.17. The topological polar surface area (TPSA) is 67.5 Å². The molecule has 2 fully saturated rings. The van der Waals surface area contributed by atoms with E-state index in [2.05, 4.69) is 24.3 Å². The molecular weight excluding hydrogens is 268 g/mol. The van der Waals surface area contributed by atoms with E-state index in [1.54, 1.807) is 0 Å². The maximum Gasteiger partial charge on any atom is 0.162 e. The Kier molecular flexibility index (Phi) is 4.33. The molecular formula is C16H26N2O3. The van der Waals surface area contributed by atoms with E-state index in [1.165, 1.54) is 6.42 Å². The van der Waals surface area contributed by atoms with Crippen molar-refractivity contribution in [3.8, 4) is 0 Å². The SMILES string of the molecule is CC1(C)[C@H](Cc2cc(CO)on2)C[C@@H]1NC1CCOCC1. The number of hydrogen-bond donors (Lipinski definition) is 2. The van der Waals surface area contributed by atoms with Gasteiger partial charge in [-0.2, -0.15) is 0 Å². The van der Waals surface area contributed by atoms with Gasteiger partial charge in [0.15, 0.2) is 5.76 Å². The number of ether oxygens (including phenoxy) is 1. The van der Waals surface area contributed by atoms with Crippen molar-refractivity contribution < 1.29 is 14.4 Å². The average molecular weight is 294 g/mol. The molecule has 0 amide bonds. The van der Waals surface area contributed by atoms with Crippen molar-refractivity contribution in [1.82, 2.24) is 10.5 Å². The highest BCUT2D eigenvalue weighted by Gasteiger charge is 2.48. The van der Waals surface area contributed by atoms with Crippen LogP contribution in [-0.2, 0) is 17.8 Å². The molecule has 1 saturated carbocycles. The van der Waals surface area contributed by atoms with Gasteiger partial charge in [0, 0.05) is 31.4 Å². The van der Waals surface area contributed by atoms with Gasteiger partial charge in [0.25, 0.3) is 0 Å². The van der Waals surface area contributed by atoms with Crippen LogP contribution in [0.25, 0.3) is 0 Å². The van der Waals surface area contributed by atoms with Crippen LogP contribution in [-0.4, -0.2) is 35.6 Å². The lowest BCUT2D eigenvalue weighted by atomic mass is 9.57. The van der Waals surface area contributed by atoms with Crippen LogP contribution < -0.4 is 5.32 Å². The van der Waals surface area contributed by atoms with E-state index in [0.717, 1.165) is 38.2 Å². The van der Waals surface area contributed by atoms with Crippen molar-refractivity contribution in [2.75, 3.05) is 13.2 Å². The van der Waals surface area contributed by atoms with E-state index in [0.29, 0.717) is 23.8 Å². The summed E-state index contributed by atoms with van der Waals surface area (Å²) in [5, 5.41) is 16.9. The van der Waals surface area contributed by atoms with Crippen LogP contribution in [0.2, 0.25) is 0 Å². The highest BCUT2D eigenvalue weighted by molar-refractivity contribution is 5.11. The highest BCUT2D eigenvalue weighted by Crippen LogP contribution is 2.48. The van der Waals surface area contributed by atoms with Gasteiger partial charge in [-0.25, -0.2) is 0 Å². The van der Waals surface area contributed by atoms with Gasteiger partial charge >= 0.3 is 0 Å². The molecule has 0 radical (unpaired) electrons. The minimum atomic E-state index is -0.0744. The quantitative estimate of drug-likeness (QED) is 0.868. The molecule has 2 N–H and O–H groups in total. The maximum absolute atomic E-state index is 9.03. The zero-order valence-electron chi connectivity index (χ0n) is 13.0. The molecule has 1 aliphatic carbocycles. The zero-order valence-corrected chi connectivity index (χ0v) is 13.0. The summed E-state index contributed by atoms with van der Waals surface area (Å²) in [6.45, 7) is 6.37. The van der Waals surface area contributed by atoms with Gasteiger partial charge in [-0.3, -0.25) is 0 Å². The van der Waals surface area contributed by atoms with Crippen molar-refractivity contribution in [2.24, 2.45) is 11.3 Å². The molecule has 0 unspecified atom stereocenters. The van der Waals surface area contributed by atoms with E-state index in [9.17, 15) is 0 Å². The molecule has 2 aliphatic rings. The van der Waals surface area contributed by atoms with Crippen LogP contribution in [0.3, 0.4) is 0 Å². The molecule has 0 aromatic carbocycles. The molecule has 0 spiro atoms. The Balaban J connectivity index is 1.52. The lowest BCUT2D eigenvalue weighted by Crippen LogP contribution is -2.60. The summed E-state index contributed by atoms with van der Waals surface area (Å²) in [6.07, 6.45) is 4.37. The summed E-state index contributed by atoms with van der Waals surface area (Å²) < 4.78 is 10.5. The van der Waals surface area contributed by atoms with Crippen molar-refractivity contribution in [3.63, 3.8) is 0 Å². The van der Waals surface area contributed by atoms with Gasteiger partial charge in [-0.15, -0.1) is 0 Å².